The molecule has 9 nitrogen and oxygen atoms in total. The topological polar surface area (TPSA) is 181 Å². The van der Waals surface area contributed by atoms with E-state index in [0.29, 0.717) is 13.1 Å². The fourth-order valence-electron chi connectivity index (χ4n) is 0.374. The molecule has 0 aromatic heterocycles. The Labute approximate surface area is 116 Å². The molecule has 101 valence electrons. The van der Waals surface area contributed by atoms with E-state index in [2.05, 4.69) is 15.3 Å². The van der Waals surface area contributed by atoms with E-state index in [1.165, 1.54) is 24.4 Å². The Morgan fingerprint density at radius 2 is 1.28 bits per heavy atom. The van der Waals surface area contributed by atoms with Crippen LogP contribution in [0.15, 0.2) is 9.98 Å². The largest absolute Gasteiger partial charge is 2.00 e. The molecule has 1 radical (unpaired) electrons. The number of nitrogens with two attached hydrogens (primary N) is 2. The first-order chi connectivity index (χ1) is 8.24. The summed E-state index contributed by atoms with van der Waals surface area (Å²) in [6, 6.07) is 2.56. The zero-order chi connectivity index (χ0) is 13.8. The zero-order valence-corrected chi connectivity index (χ0v) is 10.4. The minimum atomic E-state index is 0. The average molecular weight is 299 g/mol. The molecule has 0 amide bonds. The summed E-state index contributed by atoms with van der Waals surface area (Å²) in [7, 11) is 0. The van der Waals surface area contributed by atoms with E-state index in [1.807, 2.05) is 0 Å². The third-order valence-corrected chi connectivity index (χ3v) is 0.842. The molecule has 0 aromatic rings. The van der Waals surface area contributed by atoms with Gasteiger partial charge >= 0.3 is 17.1 Å². The van der Waals surface area contributed by atoms with Crippen molar-refractivity contribution in [2.24, 2.45) is 21.5 Å². The maximum atomic E-state index is 7.43. The van der Waals surface area contributed by atoms with E-state index in [9.17, 15) is 0 Å². The number of hydrogen-bond donors (Lipinski definition) is 3. The van der Waals surface area contributed by atoms with E-state index in [4.69, 9.17) is 32.8 Å². The molecular formula is C8H13CuN9. The molecule has 10 heteroatoms. The molecule has 0 aliphatic rings. The maximum Gasteiger partial charge on any atom is 2.00 e. The first-order valence-corrected chi connectivity index (χ1v) is 4.31. The minimum Gasteiger partial charge on any atom is -0.422 e. The number of aliphatic imine (C=N–C) groups is 2. The van der Waals surface area contributed by atoms with E-state index < -0.39 is 0 Å². The minimum absolute atomic E-state index is 0. The fraction of sp³-hybridized carbons (Fsp3) is 0.500. The van der Waals surface area contributed by atoms with Gasteiger partial charge in [0.05, 0.1) is 12.4 Å². The molecule has 0 aliphatic heterocycles. The number of nitrogens with zero attached hydrogens (tertiary/aromatic N) is 6. The smallest absolute Gasteiger partial charge is 0.422 e. The number of nitrogens with one attached hydrogen (secondary N) is 1. The molecule has 0 rings (SSSR count). The van der Waals surface area contributed by atoms with Crippen molar-refractivity contribution in [1.82, 2.24) is 5.32 Å². The van der Waals surface area contributed by atoms with Crippen molar-refractivity contribution >= 4 is 12.0 Å². The summed E-state index contributed by atoms with van der Waals surface area (Å²) >= 11 is 0. The van der Waals surface area contributed by atoms with Gasteiger partial charge in [0.15, 0.2) is 0 Å². The van der Waals surface area contributed by atoms with Crippen LogP contribution in [0.25, 0.3) is 10.8 Å². The van der Waals surface area contributed by atoms with Crippen LogP contribution >= 0.6 is 0 Å². The first-order valence-electron chi connectivity index (χ1n) is 4.31. The zero-order valence-electron chi connectivity index (χ0n) is 9.47. The molecule has 0 aromatic carbocycles. The molecule has 5 N–H and O–H groups in total. The van der Waals surface area contributed by atoms with E-state index in [-0.39, 0.29) is 17.1 Å². The van der Waals surface area contributed by atoms with Crippen molar-refractivity contribution in [3.63, 3.8) is 0 Å². The normalized spacial score (nSPS) is 5.78. The predicted molar refractivity (Wildman–Crippen MR) is 63.8 cm³/mol. The predicted octanol–water partition coefficient (Wildman–Crippen LogP) is -1.09. The standard InChI is InChI=1S/C4H13N3.2C2N3.Cu/c5-1-3-7-4-2-6;2*3-1-5-2-4;/h7H,1-6H2;;;/q;2*-1;+2. The molecule has 0 fully saturated rings. The molecule has 0 heterocycles. The Morgan fingerprint density at radius 1 is 0.944 bits per heavy atom. The average Bonchev–Trinajstić information content (AvgIpc) is 2.33. The molecular weight excluding hydrogens is 286 g/mol. The van der Waals surface area contributed by atoms with Gasteiger partial charge in [-0.15, -0.1) is 12.0 Å². The van der Waals surface area contributed by atoms with Crippen molar-refractivity contribution in [3.8, 4) is 12.4 Å². The van der Waals surface area contributed by atoms with Gasteiger partial charge < -0.3 is 37.6 Å². The second-order valence-electron chi connectivity index (χ2n) is 1.95. The van der Waals surface area contributed by atoms with E-state index in [0.717, 1.165) is 13.1 Å². The fourth-order valence-corrected chi connectivity index (χ4v) is 0.374. The monoisotopic (exact) mass is 298 g/mol. The van der Waals surface area contributed by atoms with E-state index >= 15 is 0 Å². The molecule has 0 aliphatic carbocycles. The van der Waals surface area contributed by atoms with Gasteiger partial charge in [-0.2, -0.15) is 10.5 Å². The quantitative estimate of drug-likeness (QED) is 0.257. The van der Waals surface area contributed by atoms with Gasteiger partial charge in [-0.25, -0.2) is 0 Å². The Hall–Kier alpha value is -1.86. The third kappa shape index (κ3) is 64.8. The van der Waals surface area contributed by atoms with Crippen molar-refractivity contribution < 1.29 is 17.1 Å². The van der Waals surface area contributed by atoms with Gasteiger partial charge in [0.25, 0.3) is 0 Å². The van der Waals surface area contributed by atoms with Gasteiger partial charge in [-0.05, 0) is 0 Å². The summed E-state index contributed by atoms with van der Waals surface area (Å²) in [4.78, 5) is 5.17. The van der Waals surface area contributed by atoms with Crippen LogP contribution in [0.1, 0.15) is 0 Å². The SMILES string of the molecule is N#CN=C=[N-].N#CN=C=[N-].NCCNCCN.[Cu+2]. The summed E-state index contributed by atoms with van der Waals surface area (Å²) < 4.78 is 0. The van der Waals surface area contributed by atoms with Crippen molar-refractivity contribution in [3.05, 3.63) is 10.8 Å². The molecule has 0 saturated carbocycles. The third-order valence-electron chi connectivity index (χ3n) is 0.842. The second kappa shape index (κ2) is 36.2. The van der Waals surface area contributed by atoms with Gasteiger partial charge in [-0.1, -0.05) is 0 Å². The molecule has 0 bridgehead atoms. The number of hydrogen-bond acceptors (Lipinski definition) is 7. The van der Waals surface area contributed by atoms with Crippen LogP contribution in [0, 0.1) is 22.9 Å². The first kappa shape index (κ1) is 25.1. The summed E-state index contributed by atoms with van der Waals surface area (Å²) in [5.41, 5.74) is 10.3. The Kier molecular flexibility index (Phi) is 50.5. The molecule has 0 spiro atoms. The molecule has 0 atom stereocenters. The molecule has 18 heavy (non-hydrogen) atoms. The molecule has 0 saturated heterocycles. The van der Waals surface area contributed by atoms with Gasteiger partial charge in [0.2, 0.25) is 0 Å². The van der Waals surface area contributed by atoms with Gasteiger partial charge in [-0.3, -0.25) is 0 Å². The molecule has 0 unspecified atom stereocenters. The van der Waals surface area contributed by atoms with Crippen LogP contribution in [0.5, 0.6) is 0 Å². The van der Waals surface area contributed by atoms with Crippen molar-refractivity contribution in [2.45, 2.75) is 0 Å². The van der Waals surface area contributed by atoms with Crippen LogP contribution < -0.4 is 16.8 Å². The van der Waals surface area contributed by atoms with Crippen LogP contribution in [0.4, 0.5) is 0 Å². The Morgan fingerprint density at radius 3 is 1.39 bits per heavy atom. The van der Waals surface area contributed by atoms with Gasteiger partial charge in [0, 0.05) is 26.2 Å². The Balaban J connectivity index is -0.0000000813. The number of nitriles is 2. The maximum absolute atomic E-state index is 7.43. The van der Waals surface area contributed by atoms with Crippen molar-refractivity contribution in [1.29, 1.82) is 10.5 Å². The van der Waals surface area contributed by atoms with Crippen LogP contribution in [0.3, 0.4) is 0 Å². The van der Waals surface area contributed by atoms with Crippen LogP contribution in [-0.2, 0) is 17.1 Å². The number of rotatable bonds is 4. The van der Waals surface area contributed by atoms with Crippen molar-refractivity contribution in [2.75, 3.05) is 26.2 Å². The Bertz CT molecular complexity index is 284. The summed E-state index contributed by atoms with van der Waals surface area (Å²) in [5, 5.41) is 32.7. The second-order valence-corrected chi connectivity index (χ2v) is 1.95. The van der Waals surface area contributed by atoms with Crippen LogP contribution in [0.2, 0.25) is 0 Å². The summed E-state index contributed by atoms with van der Waals surface area (Å²) in [5.74, 6) is 0. The summed E-state index contributed by atoms with van der Waals surface area (Å²) in [6.45, 7) is 3.13. The van der Waals surface area contributed by atoms with Gasteiger partial charge in [0.1, 0.15) is 0 Å². The van der Waals surface area contributed by atoms with Crippen LogP contribution in [-0.4, -0.2) is 38.2 Å². The van der Waals surface area contributed by atoms with E-state index in [1.54, 1.807) is 0 Å². The summed E-state index contributed by atoms with van der Waals surface area (Å²) in [6.07, 6.45) is 2.56.